The molecule has 0 aromatic carbocycles. The second kappa shape index (κ2) is 5.03. The molecule has 0 aliphatic carbocycles. The largest absolute Gasteiger partial charge is 0.481 e. The minimum Gasteiger partial charge on any atom is -0.481 e. The molecule has 1 fully saturated rings. The number of carbonyl (C=O) groups excluding carboxylic acids is 2. The minimum absolute atomic E-state index is 0.146. The SMILES string of the molecule is CC1(C(=O)O)CCCN(C(=O)NCC(N)=O)C1. The van der Waals surface area contributed by atoms with Crippen molar-refractivity contribution < 1.29 is 19.5 Å². The maximum Gasteiger partial charge on any atom is 0.317 e. The van der Waals surface area contributed by atoms with Crippen molar-refractivity contribution in [2.45, 2.75) is 19.8 Å². The monoisotopic (exact) mass is 243 g/mol. The molecule has 1 aliphatic heterocycles. The van der Waals surface area contributed by atoms with Crippen LogP contribution in [0.15, 0.2) is 0 Å². The molecular weight excluding hydrogens is 226 g/mol. The van der Waals surface area contributed by atoms with Crippen molar-refractivity contribution in [2.75, 3.05) is 19.6 Å². The van der Waals surface area contributed by atoms with Gasteiger partial charge in [0.15, 0.2) is 0 Å². The lowest BCUT2D eigenvalue weighted by atomic mass is 9.82. The molecule has 0 aromatic heterocycles. The number of hydrogen-bond donors (Lipinski definition) is 3. The van der Waals surface area contributed by atoms with Gasteiger partial charge in [0.25, 0.3) is 0 Å². The number of amides is 3. The Labute approximate surface area is 98.9 Å². The van der Waals surface area contributed by atoms with E-state index in [2.05, 4.69) is 5.32 Å². The summed E-state index contributed by atoms with van der Waals surface area (Å²) in [6.45, 7) is 2.02. The first kappa shape index (κ1) is 13.3. The highest BCUT2D eigenvalue weighted by molar-refractivity contribution is 5.83. The Morgan fingerprint density at radius 1 is 1.47 bits per heavy atom. The van der Waals surface area contributed by atoms with Crippen LogP contribution < -0.4 is 11.1 Å². The zero-order valence-corrected chi connectivity index (χ0v) is 9.73. The topological polar surface area (TPSA) is 113 Å². The first-order valence-electron chi connectivity index (χ1n) is 5.39. The number of rotatable bonds is 3. The van der Waals surface area contributed by atoms with Gasteiger partial charge in [-0.05, 0) is 19.8 Å². The van der Waals surface area contributed by atoms with E-state index in [0.29, 0.717) is 19.4 Å². The van der Waals surface area contributed by atoms with E-state index < -0.39 is 23.3 Å². The molecular formula is C10H17N3O4. The Hall–Kier alpha value is -1.79. The molecule has 3 amide bonds. The van der Waals surface area contributed by atoms with Crippen LogP contribution in [0.25, 0.3) is 0 Å². The third kappa shape index (κ3) is 3.33. The summed E-state index contributed by atoms with van der Waals surface area (Å²) in [6.07, 6.45) is 1.18. The average molecular weight is 243 g/mol. The molecule has 1 unspecified atom stereocenters. The lowest BCUT2D eigenvalue weighted by Crippen LogP contribution is -2.52. The summed E-state index contributed by atoms with van der Waals surface area (Å²) < 4.78 is 0. The van der Waals surface area contributed by atoms with Gasteiger partial charge in [-0.15, -0.1) is 0 Å². The van der Waals surface area contributed by atoms with Gasteiger partial charge in [-0.3, -0.25) is 9.59 Å². The quantitative estimate of drug-likeness (QED) is 0.612. The predicted octanol–water partition coefficient (Wildman–Crippen LogP) is -0.632. The Morgan fingerprint density at radius 3 is 2.65 bits per heavy atom. The van der Waals surface area contributed by atoms with Gasteiger partial charge in [0, 0.05) is 13.1 Å². The smallest absolute Gasteiger partial charge is 0.317 e. The number of piperidine rings is 1. The van der Waals surface area contributed by atoms with Crippen molar-refractivity contribution in [3.63, 3.8) is 0 Å². The van der Waals surface area contributed by atoms with Crippen molar-refractivity contribution in [1.82, 2.24) is 10.2 Å². The zero-order valence-electron chi connectivity index (χ0n) is 9.73. The Morgan fingerprint density at radius 2 is 2.12 bits per heavy atom. The van der Waals surface area contributed by atoms with Crippen LogP contribution in [-0.2, 0) is 9.59 Å². The molecule has 1 saturated heterocycles. The number of urea groups is 1. The van der Waals surface area contributed by atoms with E-state index in [1.165, 1.54) is 4.90 Å². The standard InChI is InChI=1S/C10H17N3O4/c1-10(8(15)16)3-2-4-13(6-10)9(17)12-5-7(11)14/h2-6H2,1H3,(H2,11,14)(H,12,17)(H,15,16). The van der Waals surface area contributed by atoms with E-state index >= 15 is 0 Å². The molecule has 1 atom stereocenters. The van der Waals surface area contributed by atoms with Crippen molar-refractivity contribution in [2.24, 2.45) is 11.1 Å². The number of nitrogens with two attached hydrogens (primary N) is 1. The van der Waals surface area contributed by atoms with Crippen molar-refractivity contribution >= 4 is 17.9 Å². The van der Waals surface area contributed by atoms with E-state index in [4.69, 9.17) is 10.8 Å². The fourth-order valence-electron chi connectivity index (χ4n) is 1.86. The van der Waals surface area contributed by atoms with Crippen molar-refractivity contribution in [1.29, 1.82) is 0 Å². The first-order chi connectivity index (χ1) is 7.85. The lowest BCUT2D eigenvalue weighted by Gasteiger charge is -2.37. The Bertz CT molecular complexity index is 344. The van der Waals surface area contributed by atoms with Crippen LogP contribution in [0.2, 0.25) is 0 Å². The molecule has 7 heteroatoms. The number of nitrogens with zero attached hydrogens (tertiary/aromatic N) is 1. The van der Waals surface area contributed by atoms with E-state index in [0.717, 1.165) is 0 Å². The predicted molar refractivity (Wildman–Crippen MR) is 59.1 cm³/mol. The summed E-state index contributed by atoms with van der Waals surface area (Å²) in [5, 5.41) is 11.4. The average Bonchev–Trinajstić information content (AvgIpc) is 2.25. The highest BCUT2D eigenvalue weighted by Gasteiger charge is 2.39. The van der Waals surface area contributed by atoms with Crippen LogP contribution in [0.1, 0.15) is 19.8 Å². The summed E-state index contributed by atoms with van der Waals surface area (Å²) in [5.41, 5.74) is 3.99. The molecule has 1 rings (SSSR count). The molecule has 0 radical (unpaired) electrons. The Kier molecular flexibility index (Phi) is 3.93. The van der Waals surface area contributed by atoms with E-state index in [9.17, 15) is 14.4 Å². The normalized spacial score (nSPS) is 24.2. The van der Waals surface area contributed by atoms with Gasteiger partial charge < -0.3 is 21.1 Å². The molecule has 0 aromatic rings. The summed E-state index contributed by atoms with van der Waals surface area (Å²) >= 11 is 0. The number of aliphatic carboxylic acids is 1. The van der Waals surface area contributed by atoms with E-state index in [1.54, 1.807) is 6.92 Å². The molecule has 0 saturated carbocycles. The van der Waals surface area contributed by atoms with Gasteiger partial charge in [0.2, 0.25) is 5.91 Å². The summed E-state index contributed by atoms with van der Waals surface area (Å²) in [6, 6.07) is -0.448. The summed E-state index contributed by atoms with van der Waals surface area (Å²) in [5.74, 6) is -1.54. The number of carboxylic acid groups (broad SMARTS) is 1. The third-order valence-electron chi connectivity index (χ3n) is 2.91. The maximum absolute atomic E-state index is 11.6. The van der Waals surface area contributed by atoms with Crippen LogP contribution >= 0.6 is 0 Å². The molecule has 7 nitrogen and oxygen atoms in total. The minimum atomic E-state index is -0.914. The van der Waals surface area contributed by atoms with Crippen molar-refractivity contribution in [3.8, 4) is 0 Å². The summed E-state index contributed by atoms with van der Waals surface area (Å²) in [4.78, 5) is 34.6. The van der Waals surface area contributed by atoms with Crippen LogP contribution in [0.5, 0.6) is 0 Å². The second-order valence-electron chi connectivity index (χ2n) is 4.52. The molecule has 0 bridgehead atoms. The Balaban J connectivity index is 2.57. The molecule has 1 aliphatic rings. The van der Waals surface area contributed by atoms with Gasteiger partial charge in [0.1, 0.15) is 0 Å². The van der Waals surface area contributed by atoms with Crippen LogP contribution in [0.3, 0.4) is 0 Å². The summed E-state index contributed by atoms with van der Waals surface area (Å²) in [7, 11) is 0. The molecule has 96 valence electrons. The van der Waals surface area contributed by atoms with Gasteiger partial charge in [-0.1, -0.05) is 0 Å². The first-order valence-corrected chi connectivity index (χ1v) is 5.39. The van der Waals surface area contributed by atoms with Crippen LogP contribution in [0, 0.1) is 5.41 Å². The maximum atomic E-state index is 11.6. The fraction of sp³-hybridized carbons (Fsp3) is 0.700. The second-order valence-corrected chi connectivity index (χ2v) is 4.52. The highest BCUT2D eigenvalue weighted by atomic mass is 16.4. The fourth-order valence-corrected chi connectivity index (χ4v) is 1.86. The van der Waals surface area contributed by atoms with Gasteiger partial charge in [-0.25, -0.2) is 4.79 Å². The third-order valence-corrected chi connectivity index (χ3v) is 2.91. The van der Waals surface area contributed by atoms with Crippen LogP contribution in [-0.4, -0.2) is 47.5 Å². The molecule has 4 N–H and O–H groups in total. The molecule has 0 spiro atoms. The van der Waals surface area contributed by atoms with Gasteiger partial charge >= 0.3 is 12.0 Å². The van der Waals surface area contributed by atoms with E-state index in [-0.39, 0.29) is 13.1 Å². The number of likely N-dealkylation sites (tertiary alicyclic amines) is 1. The zero-order chi connectivity index (χ0) is 13.1. The number of hydrogen-bond acceptors (Lipinski definition) is 3. The number of carbonyl (C=O) groups is 3. The number of carboxylic acids is 1. The van der Waals surface area contributed by atoms with Crippen molar-refractivity contribution in [3.05, 3.63) is 0 Å². The number of primary amides is 1. The van der Waals surface area contributed by atoms with E-state index in [1.807, 2.05) is 0 Å². The molecule has 1 heterocycles. The molecule has 17 heavy (non-hydrogen) atoms. The van der Waals surface area contributed by atoms with Crippen LogP contribution in [0.4, 0.5) is 4.79 Å². The lowest BCUT2D eigenvalue weighted by molar-refractivity contribution is -0.150. The highest BCUT2D eigenvalue weighted by Crippen LogP contribution is 2.29. The van der Waals surface area contributed by atoms with Gasteiger partial charge in [0.05, 0.1) is 12.0 Å². The van der Waals surface area contributed by atoms with Gasteiger partial charge in [-0.2, -0.15) is 0 Å². The number of nitrogens with one attached hydrogen (secondary N) is 1.